The van der Waals surface area contributed by atoms with E-state index in [2.05, 4.69) is 0 Å². The minimum Gasteiger partial charge on any atom is -0.269 e. The highest BCUT2D eigenvalue weighted by molar-refractivity contribution is 7.71. The van der Waals surface area contributed by atoms with Crippen LogP contribution in [-0.4, -0.2) is 13.8 Å². The summed E-state index contributed by atoms with van der Waals surface area (Å²) in [4.78, 5) is 0. The summed E-state index contributed by atoms with van der Waals surface area (Å²) < 4.78 is 20.2. The van der Waals surface area contributed by atoms with Crippen LogP contribution in [0.2, 0.25) is 0 Å². The average Bonchev–Trinajstić information content (AvgIpc) is 1.88. The number of benzene rings is 1. The first-order valence-corrected chi connectivity index (χ1v) is 3.91. The Balaban J connectivity index is 0.000001000. The minimum atomic E-state index is -2.09. The molecule has 0 aromatic heterocycles. The first-order valence-electron chi connectivity index (χ1n) is 2.77. The maximum Gasteiger partial charge on any atom is 0.214 e. The largest absolute Gasteiger partial charge is 0.269 e. The van der Waals surface area contributed by atoms with Crippen LogP contribution >= 0.6 is 0 Å². The molecule has 0 fully saturated rings. The number of halogens is 1. The van der Waals surface area contributed by atoms with Gasteiger partial charge in [0, 0.05) is 0 Å². The van der Waals surface area contributed by atoms with Gasteiger partial charge in [0.05, 0.1) is 5.37 Å². The lowest BCUT2D eigenvalue weighted by atomic mass is 10.2. The molecule has 0 amide bonds. The first-order chi connectivity index (χ1) is 4.79. The third kappa shape index (κ3) is 3.52. The molecular formula is C7H7FO2S. The van der Waals surface area contributed by atoms with Crippen molar-refractivity contribution < 1.29 is 13.1 Å². The Bertz CT molecular complexity index is 321. The molecule has 0 atom stereocenters. The van der Waals surface area contributed by atoms with Gasteiger partial charge in [0.2, 0.25) is 10.3 Å². The highest BCUT2D eigenvalue weighted by Crippen LogP contribution is 1.92. The molecule has 11 heavy (non-hydrogen) atoms. The second kappa shape index (κ2) is 4.62. The van der Waals surface area contributed by atoms with Gasteiger partial charge in [-0.05, 0) is 5.56 Å². The van der Waals surface area contributed by atoms with Crippen LogP contribution < -0.4 is 0 Å². The summed E-state index contributed by atoms with van der Waals surface area (Å²) in [7, 11) is -2.09. The molecule has 0 aliphatic heterocycles. The van der Waals surface area contributed by atoms with Crippen molar-refractivity contribution in [3.05, 3.63) is 35.9 Å². The van der Waals surface area contributed by atoms with Crippen molar-refractivity contribution in [2.24, 2.45) is 0 Å². The molecule has 1 aromatic rings. The van der Waals surface area contributed by atoms with Crippen LogP contribution in [0, 0.1) is 0 Å². The Morgan fingerprint density at radius 1 is 1.09 bits per heavy atom. The molecule has 2 nitrogen and oxygen atoms in total. The smallest absolute Gasteiger partial charge is 0.214 e. The van der Waals surface area contributed by atoms with Crippen molar-refractivity contribution in [2.45, 2.75) is 0 Å². The fraction of sp³-hybridized carbons (Fsp3) is 0. The first kappa shape index (κ1) is 9.84. The van der Waals surface area contributed by atoms with Crippen molar-refractivity contribution in [1.29, 1.82) is 0 Å². The van der Waals surface area contributed by atoms with Gasteiger partial charge in [0.15, 0.2) is 0 Å². The molecular weight excluding hydrogens is 167 g/mol. The number of hydrogen-bond acceptors (Lipinski definition) is 2. The molecule has 0 saturated heterocycles. The standard InChI is InChI=1S/C7H6O2S.FH/c8-10(9)6-7-4-2-1-3-5-7;/h1-6H;1H. The molecule has 0 spiro atoms. The van der Waals surface area contributed by atoms with Gasteiger partial charge in [-0.3, -0.25) is 4.70 Å². The summed E-state index contributed by atoms with van der Waals surface area (Å²) in [5.74, 6) is 0. The van der Waals surface area contributed by atoms with E-state index in [1.807, 2.05) is 6.07 Å². The van der Waals surface area contributed by atoms with Crippen LogP contribution in [0.15, 0.2) is 30.3 Å². The van der Waals surface area contributed by atoms with Gasteiger partial charge in [-0.2, -0.15) is 8.42 Å². The lowest BCUT2D eigenvalue weighted by molar-refractivity contribution is 0.627. The number of hydrogen-bond donors (Lipinski definition) is 0. The van der Waals surface area contributed by atoms with Crippen molar-refractivity contribution in [1.82, 2.24) is 0 Å². The van der Waals surface area contributed by atoms with Gasteiger partial charge in [-0.1, -0.05) is 30.3 Å². The zero-order valence-corrected chi connectivity index (χ0v) is 6.41. The molecule has 0 heterocycles. The lowest BCUT2D eigenvalue weighted by Gasteiger charge is -1.83. The zero-order valence-electron chi connectivity index (χ0n) is 5.60. The van der Waals surface area contributed by atoms with E-state index in [1.165, 1.54) is 5.37 Å². The highest BCUT2D eigenvalue weighted by Gasteiger charge is 1.81. The molecule has 1 aromatic carbocycles. The summed E-state index contributed by atoms with van der Waals surface area (Å²) in [5.41, 5.74) is 0.704. The molecule has 0 bridgehead atoms. The molecule has 60 valence electrons. The quantitative estimate of drug-likeness (QED) is 0.592. The normalized spacial score (nSPS) is 8.00. The van der Waals surface area contributed by atoms with E-state index >= 15 is 0 Å². The molecule has 0 aliphatic rings. The van der Waals surface area contributed by atoms with Crippen molar-refractivity contribution >= 4 is 15.7 Å². The summed E-state index contributed by atoms with van der Waals surface area (Å²) in [5, 5.41) is 1.17. The number of rotatable bonds is 1. The predicted octanol–water partition coefficient (Wildman–Crippen LogP) is 0.869. The fourth-order valence-corrected chi connectivity index (χ4v) is 1.02. The SMILES string of the molecule is F.O=S(=O)=Cc1ccccc1. The maximum atomic E-state index is 10.1. The van der Waals surface area contributed by atoms with E-state index in [0.717, 1.165) is 0 Å². The van der Waals surface area contributed by atoms with E-state index < -0.39 is 10.3 Å². The molecule has 0 saturated carbocycles. The van der Waals surface area contributed by atoms with E-state index in [1.54, 1.807) is 24.3 Å². The third-order valence-corrected chi connectivity index (χ3v) is 1.50. The molecule has 0 radical (unpaired) electrons. The highest BCUT2D eigenvalue weighted by atomic mass is 32.2. The molecule has 4 heteroatoms. The molecule has 1 rings (SSSR count). The lowest BCUT2D eigenvalue weighted by Crippen LogP contribution is -1.78. The van der Waals surface area contributed by atoms with Crippen LogP contribution in [-0.2, 0) is 10.3 Å². The Morgan fingerprint density at radius 3 is 2.09 bits per heavy atom. The van der Waals surface area contributed by atoms with Gasteiger partial charge in [-0.25, -0.2) is 0 Å². The Labute approximate surface area is 65.4 Å². The maximum absolute atomic E-state index is 10.1. The van der Waals surface area contributed by atoms with E-state index in [0.29, 0.717) is 5.56 Å². The Morgan fingerprint density at radius 2 is 1.64 bits per heavy atom. The second-order valence-electron chi connectivity index (χ2n) is 1.79. The Hall–Kier alpha value is -1.16. The van der Waals surface area contributed by atoms with Crippen molar-refractivity contribution in [3.8, 4) is 0 Å². The van der Waals surface area contributed by atoms with E-state index in [9.17, 15) is 8.42 Å². The van der Waals surface area contributed by atoms with Gasteiger partial charge >= 0.3 is 0 Å². The zero-order chi connectivity index (χ0) is 7.40. The predicted molar refractivity (Wildman–Crippen MR) is 43.0 cm³/mol. The summed E-state index contributed by atoms with van der Waals surface area (Å²) >= 11 is 0. The van der Waals surface area contributed by atoms with Crippen LogP contribution in [0.1, 0.15) is 5.56 Å². The summed E-state index contributed by atoms with van der Waals surface area (Å²) in [6.07, 6.45) is 0. The third-order valence-electron chi connectivity index (χ3n) is 1.03. The monoisotopic (exact) mass is 174 g/mol. The van der Waals surface area contributed by atoms with Gasteiger partial charge in [0.25, 0.3) is 0 Å². The Kier molecular flexibility index (Phi) is 4.14. The van der Waals surface area contributed by atoms with E-state index in [4.69, 9.17) is 0 Å². The van der Waals surface area contributed by atoms with Crippen LogP contribution in [0.4, 0.5) is 4.70 Å². The molecule has 0 aliphatic carbocycles. The van der Waals surface area contributed by atoms with Crippen LogP contribution in [0.25, 0.3) is 0 Å². The molecule has 0 N–H and O–H groups in total. The van der Waals surface area contributed by atoms with Gasteiger partial charge in [-0.15, -0.1) is 0 Å². The second-order valence-corrected chi connectivity index (χ2v) is 2.55. The van der Waals surface area contributed by atoms with Crippen LogP contribution in [0.3, 0.4) is 0 Å². The van der Waals surface area contributed by atoms with Gasteiger partial charge < -0.3 is 0 Å². The van der Waals surface area contributed by atoms with Crippen molar-refractivity contribution in [3.63, 3.8) is 0 Å². The summed E-state index contributed by atoms with van der Waals surface area (Å²) in [6, 6.07) is 8.88. The fourth-order valence-electron chi connectivity index (χ4n) is 0.643. The van der Waals surface area contributed by atoms with E-state index in [-0.39, 0.29) is 4.70 Å². The molecule has 0 unspecified atom stereocenters. The van der Waals surface area contributed by atoms with Crippen LogP contribution in [0.5, 0.6) is 0 Å². The summed E-state index contributed by atoms with van der Waals surface area (Å²) in [6.45, 7) is 0. The minimum absolute atomic E-state index is 0. The van der Waals surface area contributed by atoms with Gasteiger partial charge in [0.1, 0.15) is 0 Å². The average molecular weight is 174 g/mol. The topological polar surface area (TPSA) is 34.1 Å². The van der Waals surface area contributed by atoms with Crippen molar-refractivity contribution in [2.75, 3.05) is 0 Å².